The molecule has 0 aliphatic rings. The van der Waals surface area contributed by atoms with Crippen LogP contribution in [0.4, 0.5) is 5.69 Å². The smallest absolute Gasteiger partial charge is 0.255 e. The van der Waals surface area contributed by atoms with Gasteiger partial charge in [-0.3, -0.25) is 9.78 Å². The van der Waals surface area contributed by atoms with Gasteiger partial charge in [0.05, 0.1) is 7.11 Å². The van der Waals surface area contributed by atoms with E-state index in [1.807, 2.05) is 36.4 Å². The Bertz CT molecular complexity index is 887. The Balaban J connectivity index is 1.69. The first-order chi connectivity index (χ1) is 13.2. The molecule has 0 atom stereocenters. The Labute approximate surface area is 160 Å². The SMILES string of the molecule is CCCCc1ccc(NC(=O)c2ccc(-c3ncccc3OC)cc2)cc1. The Morgan fingerprint density at radius 3 is 2.44 bits per heavy atom. The number of rotatable bonds is 7. The number of ether oxygens (including phenoxy) is 1. The van der Waals surface area contributed by atoms with Gasteiger partial charge in [-0.1, -0.05) is 37.6 Å². The molecule has 1 amide bonds. The molecule has 3 rings (SSSR count). The number of benzene rings is 2. The van der Waals surface area contributed by atoms with E-state index in [0.29, 0.717) is 11.3 Å². The van der Waals surface area contributed by atoms with Crippen molar-refractivity contribution >= 4 is 11.6 Å². The minimum Gasteiger partial charge on any atom is -0.494 e. The molecule has 0 aliphatic heterocycles. The number of amides is 1. The van der Waals surface area contributed by atoms with Crippen LogP contribution in [-0.4, -0.2) is 18.0 Å². The third-order valence-corrected chi connectivity index (χ3v) is 4.44. The lowest BCUT2D eigenvalue weighted by Crippen LogP contribution is -2.11. The number of hydrogen-bond donors (Lipinski definition) is 1. The summed E-state index contributed by atoms with van der Waals surface area (Å²) in [5.74, 6) is 0.578. The van der Waals surface area contributed by atoms with Crippen LogP contribution < -0.4 is 10.1 Å². The van der Waals surface area contributed by atoms with Crippen LogP contribution in [-0.2, 0) is 6.42 Å². The summed E-state index contributed by atoms with van der Waals surface area (Å²) in [5, 5.41) is 2.94. The summed E-state index contributed by atoms with van der Waals surface area (Å²) in [5.41, 5.74) is 4.36. The summed E-state index contributed by atoms with van der Waals surface area (Å²) in [6, 6.07) is 19.1. The molecule has 0 radical (unpaired) electrons. The van der Waals surface area contributed by atoms with Gasteiger partial charge in [0.15, 0.2) is 0 Å². The predicted octanol–water partition coefficient (Wildman–Crippen LogP) is 5.35. The lowest BCUT2D eigenvalue weighted by molar-refractivity contribution is 0.102. The molecule has 1 N–H and O–H groups in total. The number of carbonyl (C=O) groups is 1. The van der Waals surface area contributed by atoms with Gasteiger partial charge >= 0.3 is 0 Å². The number of nitrogens with zero attached hydrogens (tertiary/aromatic N) is 1. The fourth-order valence-corrected chi connectivity index (χ4v) is 2.89. The predicted molar refractivity (Wildman–Crippen MR) is 109 cm³/mol. The lowest BCUT2D eigenvalue weighted by Gasteiger charge is -2.09. The van der Waals surface area contributed by atoms with Gasteiger partial charge in [0.2, 0.25) is 0 Å². The molecule has 1 heterocycles. The lowest BCUT2D eigenvalue weighted by atomic mass is 10.1. The minimum atomic E-state index is -0.129. The van der Waals surface area contributed by atoms with Crippen LogP contribution in [0.15, 0.2) is 66.9 Å². The van der Waals surface area contributed by atoms with Crippen molar-refractivity contribution in [3.63, 3.8) is 0 Å². The highest BCUT2D eigenvalue weighted by atomic mass is 16.5. The van der Waals surface area contributed by atoms with Crippen molar-refractivity contribution in [1.29, 1.82) is 0 Å². The average Bonchev–Trinajstić information content (AvgIpc) is 2.73. The summed E-state index contributed by atoms with van der Waals surface area (Å²) in [4.78, 5) is 16.9. The number of pyridine rings is 1. The molecule has 2 aromatic carbocycles. The molecule has 0 aliphatic carbocycles. The van der Waals surface area contributed by atoms with Gasteiger partial charge in [-0.25, -0.2) is 0 Å². The third kappa shape index (κ3) is 4.73. The topological polar surface area (TPSA) is 51.2 Å². The monoisotopic (exact) mass is 360 g/mol. The van der Waals surface area contributed by atoms with Gasteiger partial charge in [-0.15, -0.1) is 0 Å². The molecular weight excluding hydrogens is 336 g/mol. The summed E-state index contributed by atoms with van der Waals surface area (Å²) in [6.07, 6.45) is 5.16. The summed E-state index contributed by atoms with van der Waals surface area (Å²) >= 11 is 0. The summed E-state index contributed by atoms with van der Waals surface area (Å²) in [6.45, 7) is 2.18. The van der Waals surface area contributed by atoms with E-state index < -0.39 is 0 Å². The van der Waals surface area contributed by atoms with Gasteiger partial charge in [0.1, 0.15) is 11.4 Å². The van der Waals surface area contributed by atoms with Crippen molar-refractivity contribution in [2.75, 3.05) is 12.4 Å². The van der Waals surface area contributed by atoms with Gasteiger partial charge in [-0.2, -0.15) is 0 Å². The Hall–Kier alpha value is -3.14. The molecule has 0 unspecified atom stereocenters. The number of anilines is 1. The number of unbranched alkanes of at least 4 members (excludes halogenated alkanes) is 1. The van der Waals surface area contributed by atoms with E-state index in [2.05, 4.69) is 29.4 Å². The van der Waals surface area contributed by atoms with E-state index >= 15 is 0 Å². The van der Waals surface area contributed by atoms with Crippen LogP contribution in [0.5, 0.6) is 5.75 Å². The van der Waals surface area contributed by atoms with Crippen molar-refractivity contribution < 1.29 is 9.53 Å². The van der Waals surface area contributed by atoms with Crippen molar-refractivity contribution in [2.24, 2.45) is 0 Å². The number of carbonyl (C=O) groups excluding carboxylic acids is 1. The van der Waals surface area contributed by atoms with Crippen molar-refractivity contribution in [3.8, 4) is 17.0 Å². The third-order valence-electron chi connectivity index (χ3n) is 4.44. The van der Waals surface area contributed by atoms with E-state index in [1.165, 1.54) is 18.4 Å². The van der Waals surface area contributed by atoms with Crippen LogP contribution in [0.2, 0.25) is 0 Å². The molecule has 27 heavy (non-hydrogen) atoms. The maximum atomic E-state index is 12.5. The second kappa shape index (κ2) is 8.99. The molecule has 4 heteroatoms. The van der Waals surface area contributed by atoms with Crippen molar-refractivity contribution in [1.82, 2.24) is 4.98 Å². The molecule has 0 fully saturated rings. The Morgan fingerprint density at radius 1 is 1.04 bits per heavy atom. The molecule has 3 aromatic rings. The van der Waals surface area contributed by atoms with E-state index in [0.717, 1.165) is 23.4 Å². The highest BCUT2D eigenvalue weighted by Gasteiger charge is 2.10. The average molecular weight is 360 g/mol. The standard InChI is InChI=1S/C23H24N2O2/c1-3-4-6-17-8-14-20(15-9-17)25-23(26)19-12-10-18(11-13-19)22-21(27-2)7-5-16-24-22/h5,7-16H,3-4,6H2,1-2H3,(H,25,26). The fourth-order valence-electron chi connectivity index (χ4n) is 2.89. The summed E-state index contributed by atoms with van der Waals surface area (Å²) < 4.78 is 5.35. The Morgan fingerprint density at radius 2 is 1.78 bits per heavy atom. The van der Waals surface area contributed by atoms with Gasteiger partial charge in [0, 0.05) is 23.0 Å². The largest absolute Gasteiger partial charge is 0.494 e. The first kappa shape index (κ1) is 18.6. The van der Waals surface area contributed by atoms with Crippen LogP contribution in [0.3, 0.4) is 0 Å². The molecule has 0 saturated carbocycles. The molecule has 0 saturated heterocycles. The zero-order valence-corrected chi connectivity index (χ0v) is 15.7. The van der Waals surface area contributed by atoms with Crippen LogP contribution in [0, 0.1) is 0 Å². The van der Waals surface area contributed by atoms with E-state index in [-0.39, 0.29) is 5.91 Å². The zero-order valence-electron chi connectivity index (χ0n) is 15.7. The first-order valence-electron chi connectivity index (χ1n) is 9.21. The van der Waals surface area contributed by atoms with Gasteiger partial charge in [0.25, 0.3) is 5.91 Å². The Kier molecular flexibility index (Phi) is 6.21. The molecular formula is C23H24N2O2. The number of nitrogens with one attached hydrogen (secondary N) is 1. The highest BCUT2D eigenvalue weighted by Crippen LogP contribution is 2.27. The van der Waals surface area contributed by atoms with Crippen LogP contribution in [0.1, 0.15) is 35.7 Å². The van der Waals surface area contributed by atoms with Crippen molar-refractivity contribution in [2.45, 2.75) is 26.2 Å². The number of methoxy groups -OCH3 is 1. The van der Waals surface area contributed by atoms with Gasteiger partial charge in [-0.05, 0) is 54.8 Å². The fraction of sp³-hybridized carbons (Fsp3) is 0.217. The first-order valence-corrected chi connectivity index (χ1v) is 9.21. The highest BCUT2D eigenvalue weighted by molar-refractivity contribution is 6.04. The quantitative estimate of drug-likeness (QED) is 0.618. The van der Waals surface area contributed by atoms with Crippen LogP contribution >= 0.6 is 0 Å². The second-order valence-electron chi connectivity index (χ2n) is 6.39. The number of hydrogen-bond acceptors (Lipinski definition) is 3. The van der Waals surface area contributed by atoms with Gasteiger partial charge < -0.3 is 10.1 Å². The normalized spacial score (nSPS) is 10.4. The molecule has 0 bridgehead atoms. The minimum absolute atomic E-state index is 0.129. The molecule has 0 spiro atoms. The van der Waals surface area contributed by atoms with E-state index in [1.54, 1.807) is 25.4 Å². The second-order valence-corrected chi connectivity index (χ2v) is 6.39. The number of aromatic nitrogens is 1. The summed E-state index contributed by atoms with van der Waals surface area (Å²) in [7, 11) is 1.62. The van der Waals surface area contributed by atoms with Crippen molar-refractivity contribution in [3.05, 3.63) is 78.0 Å². The van der Waals surface area contributed by atoms with E-state index in [4.69, 9.17) is 4.74 Å². The molecule has 138 valence electrons. The number of aryl methyl sites for hydroxylation is 1. The maximum absolute atomic E-state index is 12.5. The molecule has 1 aromatic heterocycles. The molecule has 4 nitrogen and oxygen atoms in total. The van der Waals surface area contributed by atoms with Crippen LogP contribution in [0.25, 0.3) is 11.3 Å². The van der Waals surface area contributed by atoms with E-state index in [9.17, 15) is 4.79 Å². The maximum Gasteiger partial charge on any atom is 0.255 e. The zero-order chi connectivity index (χ0) is 19.1.